The molecule has 2 aromatic rings. The van der Waals surface area contributed by atoms with Gasteiger partial charge in [0.15, 0.2) is 11.6 Å². The summed E-state index contributed by atoms with van der Waals surface area (Å²) >= 11 is 0. The molecule has 2 saturated heterocycles. The minimum atomic E-state index is -3.81. The SMILES string of the molecule is COc1ccc(NC(=O)c2cnc(NS(=O)(=O)CCO)cc2N2CCC3(CC2)CC3)nc1N1CCC(F)(F)CC1. The van der Waals surface area contributed by atoms with Crippen molar-refractivity contribution in [2.45, 2.75) is 44.4 Å². The molecule has 5 rings (SSSR count). The van der Waals surface area contributed by atoms with Gasteiger partial charge in [0.2, 0.25) is 10.0 Å². The summed E-state index contributed by atoms with van der Waals surface area (Å²) < 4.78 is 59.6. The van der Waals surface area contributed by atoms with Crippen LogP contribution in [-0.2, 0) is 10.0 Å². The fourth-order valence-corrected chi connectivity index (χ4v) is 6.06. The maximum atomic E-state index is 13.7. The maximum absolute atomic E-state index is 13.7. The Morgan fingerprint density at radius 1 is 1.05 bits per heavy atom. The molecule has 1 amide bonds. The van der Waals surface area contributed by atoms with Crippen LogP contribution in [0.3, 0.4) is 0 Å². The van der Waals surface area contributed by atoms with E-state index in [1.165, 1.54) is 32.2 Å². The van der Waals surface area contributed by atoms with Crippen molar-refractivity contribution < 1.29 is 31.8 Å². The van der Waals surface area contributed by atoms with Gasteiger partial charge in [-0.05, 0) is 43.2 Å². The molecule has 1 aliphatic carbocycles. The number of hydrogen-bond donors (Lipinski definition) is 3. The minimum Gasteiger partial charge on any atom is -0.493 e. The maximum Gasteiger partial charge on any atom is 0.260 e. The number of piperidine rings is 2. The van der Waals surface area contributed by atoms with Gasteiger partial charge in [0.25, 0.3) is 11.8 Å². The highest BCUT2D eigenvalue weighted by Gasteiger charge is 2.44. The molecule has 3 aliphatic rings. The van der Waals surface area contributed by atoms with E-state index in [0.29, 0.717) is 22.7 Å². The highest BCUT2D eigenvalue weighted by atomic mass is 32.2. The number of ether oxygens (including phenoxy) is 1. The molecule has 218 valence electrons. The Labute approximate surface area is 232 Å². The number of hydrogen-bond acceptors (Lipinski definition) is 9. The number of aliphatic hydroxyl groups excluding tert-OH is 1. The highest BCUT2D eigenvalue weighted by molar-refractivity contribution is 7.92. The number of pyridine rings is 2. The number of anilines is 4. The van der Waals surface area contributed by atoms with E-state index < -0.39 is 34.2 Å². The quantitative estimate of drug-likeness (QED) is 0.409. The van der Waals surface area contributed by atoms with E-state index >= 15 is 0 Å². The van der Waals surface area contributed by atoms with Crippen LogP contribution in [0.1, 0.15) is 48.9 Å². The van der Waals surface area contributed by atoms with Crippen molar-refractivity contribution >= 4 is 39.1 Å². The molecule has 3 N–H and O–H groups in total. The number of nitrogens with zero attached hydrogens (tertiary/aromatic N) is 4. The number of nitrogens with one attached hydrogen (secondary N) is 2. The average molecular weight is 581 g/mol. The smallest absolute Gasteiger partial charge is 0.260 e. The van der Waals surface area contributed by atoms with E-state index in [4.69, 9.17) is 9.84 Å². The Morgan fingerprint density at radius 2 is 1.73 bits per heavy atom. The standard InChI is InChI=1S/C26H34F2N6O5S/c1-39-20-2-3-21(30-23(20)34-12-8-26(27,28)9-13-34)31-24(36)18-17-29-22(32-40(37,38)15-14-35)16-19(18)33-10-6-25(4-5-25)7-11-33/h2-3,16-17,35H,4-15H2,1H3,(H,29,32)(H,30,31,36). The first kappa shape index (κ1) is 28.3. The van der Waals surface area contributed by atoms with Crippen LogP contribution in [0.15, 0.2) is 24.4 Å². The number of rotatable bonds is 9. The lowest BCUT2D eigenvalue weighted by Crippen LogP contribution is -2.40. The molecule has 0 radical (unpaired) electrons. The van der Waals surface area contributed by atoms with E-state index in [-0.39, 0.29) is 43.1 Å². The van der Waals surface area contributed by atoms with Crippen molar-refractivity contribution in [3.63, 3.8) is 0 Å². The molecule has 1 spiro atoms. The van der Waals surface area contributed by atoms with E-state index in [1.54, 1.807) is 17.0 Å². The second-order valence-electron chi connectivity index (χ2n) is 10.7. The van der Waals surface area contributed by atoms with E-state index in [1.807, 2.05) is 0 Å². The van der Waals surface area contributed by atoms with Crippen LogP contribution in [0, 0.1) is 5.41 Å². The molecular formula is C26H34F2N6O5S. The van der Waals surface area contributed by atoms with Crippen LogP contribution in [0.2, 0.25) is 0 Å². The molecule has 0 aromatic carbocycles. The fourth-order valence-electron chi connectivity index (χ4n) is 5.29. The van der Waals surface area contributed by atoms with Crippen LogP contribution < -0.4 is 24.6 Å². The van der Waals surface area contributed by atoms with Crippen molar-refractivity contribution in [1.82, 2.24) is 9.97 Å². The summed E-state index contributed by atoms with van der Waals surface area (Å²) in [6, 6.07) is 4.74. The lowest BCUT2D eigenvalue weighted by Gasteiger charge is -2.35. The summed E-state index contributed by atoms with van der Waals surface area (Å²) in [6.07, 6.45) is 5.11. The summed E-state index contributed by atoms with van der Waals surface area (Å²) in [7, 11) is -2.34. The third kappa shape index (κ3) is 6.38. The molecule has 11 nitrogen and oxygen atoms in total. The predicted molar refractivity (Wildman–Crippen MR) is 147 cm³/mol. The zero-order valence-electron chi connectivity index (χ0n) is 22.3. The van der Waals surface area contributed by atoms with E-state index in [0.717, 1.165) is 25.9 Å². The van der Waals surface area contributed by atoms with Crippen LogP contribution >= 0.6 is 0 Å². The molecule has 3 fully saturated rings. The molecule has 0 atom stereocenters. The number of alkyl halides is 2. The van der Waals surface area contributed by atoms with Crippen LogP contribution in [0.5, 0.6) is 5.75 Å². The summed E-state index contributed by atoms with van der Waals surface area (Å²) in [5, 5.41) is 11.8. The van der Waals surface area contributed by atoms with Gasteiger partial charge in [0, 0.05) is 51.3 Å². The number of sulfonamides is 1. The van der Waals surface area contributed by atoms with Crippen LogP contribution in [0.25, 0.3) is 0 Å². The highest BCUT2D eigenvalue weighted by Crippen LogP contribution is 2.54. The average Bonchev–Trinajstić information content (AvgIpc) is 3.67. The minimum absolute atomic E-state index is 0.0541. The zero-order valence-corrected chi connectivity index (χ0v) is 23.1. The Hall–Kier alpha value is -3.26. The predicted octanol–water partition coefficient (Wildman–Crippen LogP) is 3.09. The second kappa shape index (κ2) is 11.0. The summed E-state index contributed by atoms with van der Waals surface area (Å²) in [6.45, 7) is 1.11. The molecule has 0 unspecified atom stereocenters. The Morgan fingerprint density at radius 3 is 2.35 bits per heavy atom. The van der Waals surface area contributed by atoms with Crippen molar-refractivity contribution in [1.29, 1.82) is 0 Å². The topological polar surface area (TPSA) is 137 Å². The number of amides is 1. The van der Waals surface area contributed by atoms with E-state index in [9.17, 15) is 22.0 Å². The van der Waals surface area contributed by atoms with Crippen molar-refractivity contribution in [2.75, 3.05) is 65.5 Å². The Bertz CT molecular complexity index is 1350. The molecule has 1 saturated carbocycles. The summed E-state index contributed by atoms with van der Waals surface area (Å²) in [5.41, 5.74) is 1.17. The normalized spacial score (nSPS) is 19.8. The molecule has 14 heteroatoms. The van der Waals surface area contributed by atoms with Gasteiger partial charge >= 0.3 is 0 Å². The van der Waals surface area contributed by atoms with Gasteiger partial charge < -0.3 is 25.0 Å². The lowest BCUT2D eigenvalue weighted by molar-refractivity contribution is -0.0222. The first-order chi connectivity index (χ1) is 19.0. The lowest BCUT2D eigenvalue weighted by atomic mass is 9.93. The first-order valence-electron chi connectivity index (χ1n) is 13.4. The zero-order chi connectivity index (χ0) is 28.5. The largest absolute Gasteiger partial charge is 0.493 e. The van der Waals surface area contributed by atoms with Crippen molar-refractivity contribution in [3.05, 3.63) is 30.0 Å². The Balaban J connectivity index is 1.40. The number of halogens is 2. The van der Waals surface area contributed by atoms with E-state index in [2.05, 4.69) is 24.9 Å². The molecule has 40 heavy (non-hydrogen) atoms. The number of carbonyl (C=O) groups is 1. The van der Waals surface area contributed by atoms with Gasteiger partial charge in [0.1, 0.15) is 11.6 Å². The van der Waals surface area contributed by atoms with Crippen LogP contribution in [0.4, 0.5) is 31.9 Å². The van der Waals surface area contributed by atoms with Gasteiger partial charge in [-0.2, -0.15) is 0 Å². The monoisotopic (exact) mass is 580 g/mol. The van der Waals surface area contributed by atoms with Gasteiger partial charge in [-0.15, -0.1) is 0 Å². The molecule has 2 aromatic heterocycles. The summed E-state index contributed by atoms with van der Waals surface area (Å²) in [5.74, 6) is -2.64. The van der Waals surface area contributed by atoms with Crippen molar-refractivity contribution in [2.24, 2.45) is 5.41 Å². The third-order valence-corrected chi connectivity index (χ3v) is 9.20. The van der Waals surface area contributed by atoms with Gasteiger partial charge in [0.05, 0.1) is 30.7 Å². The molecular weight excluding hydrogens is 546 g/mol. The fraction of sp³-hybridized carbons (Fsp3) is 0.577. The number of methoxy groups -OCH3 is 1. The van der Waals surface area contributed by atoms with Gasteiger partial charge in [-0.3, -0.25) is 9.52 Å². The summed E-state index contributed by atoms with van der Waals surface area (Å²) in [4.78, 5) is 26.0. The number of aromatic nitrogens is 2. The van der Waals surface area contributed by atoms with Gasteiger partial charge in [-0.25, -0.2) is 27.2 Å². The van der Waals surface area contributed by atoms with Gasteiger partial charge in [-0.1, -0.05) is 0 Å². The first-order valence-corrected chi connectivity index (χ1v) is 15.0. The molecule has 0 bridgehead atoms. The number of aliphatic hydroxyl groups is 1. The molecule has 2 aliphatic heterocycles. The third-order valence-electron chi connectivity index (χ3n) is 7.96. The number of carbonyl (C=O) groups excluding carboxylic acids is 1. The van der Waals surface area contributed by atoms with Crippen LogP contribution in [-0.4, -0.2) is 81.0 Å². The Kier molecular flexibility index (Phi) is 7.75. The molecule has 4 heterocycles. The second-order valence-corrected chi connectivity index (χ2v) is 12.6. The van der Waals surface area contributed by atoms with Crippen molar-refractivity contribution in [3.8, 4) is 5.75 Å².